The van der Waals surface area contributed by atoms with E-state index in [1.165, 1.54) is 0 Å². The zero-order chi connectivity index (χ0) is 22.0. The summed E-state index contributed by atoms with van der Waals surface area (Å²) in [4.78, 5) is 43.8. The minimum atomic E-state index is -0.782. The highest BCUT2D eigenvalue weighted by Gasteiger charge is 2.31. The Morgan fingerprint density at radius 2 is 2.00 bits per heavy atom. The predicted octanol–water partition coefficient (Wildman–Crippen LogP) is 0.599. The van der Waals surface area contributed by atoms with Gasteiger partial charge in [-0.15, -0.1) is 5.10 Å². The van der Waals surface area contributed by atoms with Crippen LogP contribution >= 0.6 is 0 Å². The quantitative estimate of drug-likeness (QED) is 0.628. The van der Waals surface area contributed by atoms with Gasteiger partial charge in [0.2, 0.25) is 17.7 Å². The minimum absolute atomic E-state index is 0.104. The second kappa shape index (κ2) is 8.62. The maximum Gasteiger partial charge on any atom is 0.278 e. The van der Waals surface area contributed by atoms with E-state index in [1.807, 2.05) is 0 Å². The molecule has 11 nitrogen and oxygen atoms in total. The lowest BCUT2D eigenvalue weighted by Gasteiger charge is -2.32. The molecule has 0 aliphatic carbocycles. The van der Waals surface area contributed by atoms with Crippen molar-refractivity contribution in [3.63, 3.8) is 0 Å². The number of fused-ring (bicyclic) bond motifs is 1. The minimum Gasteiger partial charge on any atom is -0.347 e. The second-order valence-electron chi connectivity index (χ2n) is 7.58. The van der Waals surface area contributed by atoms with E-state index in [2.05, 4.69) is 25.8 Å². The number of carbonyl (C=O) groups is 2. The van der Waals surface area contributed by atoms with Crippen molar-refractivity contribution in [1.82, 2.24) is 35.4 Å². The average Bonchev–Trinajstić information content (AvgIpc) is 3.22. The Labute approximate surface area is 177 Å². The number of hydrogen-bond donors (Lipinski definition) is 1. The highest BCUT2D eigenvalue weighted by atomic mass is 16.5. The highest BCUT2D eigenvalue weighted by molar-refractivity contribution is 5.82. The molecular formula is C20H23N7O4. The summed E-state index contributed by atoms with van der Waals surface area (Å²) < 4.78 is 6.11. The van der Waals surface area contributed by atoms with E-state index in [0.717, 1.165) is 4.68 Å². The summed E-state index contributed by atoms with van der Waals surface area (Å²) in [6.45, 7) is 4.38. The van der Waals surface area contributed by atoms with Crippen molar-refractivity contribution in [2.45, 2.75) is 39.3 Å². The number of amides is 2. The molecule has 1 N–H and O–H groups in total. The van der Waals surface area contributed by atoms with Gasteiger partial charge in [-0.05, 0) is 38.8 Å². The Hall–Kier alpha value is -3.63. The van der Waals surface area contributed by atoms with E-state index in [1.54, 1.807) is 43.0 Å². The summed E-state index contributed by atoms with van der Waals surface area (Å²) in [7, 11) is 0. The van der Waals surface area contributed by atoms with Gasteiger partial charge in [0.05, 0.1) is 11.9 Å². The number of piperidine rings is 1. The second-order valence-corrected chi connectivity index (χ2v) is 7.58. The third-order valence-corrected chi connectivity index (χ3v) is 5.48. The first-order chi connectivity index (χ1) is 14.9. The first-order valence-electron chi connectivity index (χ1n) is 10.1. The van der Waals surface area contributed by atoms with E-state index in [9.17, 15) is 14.4 Å². The Morgan fingerprint density at radius 1 is 1.26 bits per heavy atom. The summed E-state index contributed by atoms with van der Waals surface area (Å²) in [5.74, 6) is 0.348. The van der Waals surface area contributed by atoms with Gasteiger partial charge in [0.1, 0.15) is 11.6 Å². The summed E-state index contributed by atoms with van der Waals surface area (Å²) in [6, 6.07) is 6.11. The van der Waals surface area contributed by atoms with E-state index in [-0.39, 0.29) is 29.8 Å². The van der Waals surface area contributed by atoms with Crippen molar-refractivity contribution in [3.8, 4) is 0 Å². The van der Waals surface area contributed by atoms with Gasteiger partial charge in [-0.2, -0.15) is 9.67 Å². The standard InChI is InChI=1S/C20H23N7O4/c1-12(27-20(30)15-5-3-4-6-16(15)23-25-27)19(29)26-9-7-14(8-10-26)18(28)21-11-17-22-13(2)24-31-17/h3-6,12,14H,7-11H2,1-2H3,(H,21,28). The molecule has 0 bridgehead atoms. The van der Waals surface area contributed by atoms with E-state index >= 15 is 0 Å². The topological polar surface area (TPSA) is 136 Å². The Kier molecular flexibility index (Phi) is 5.74. The fourth-order valence-corrected chi connectivity index (χ4v) is 3.71. The van der Waals surface area contributed by atoms with Crippen LogP contribution in [-0.4, -0.2) is 54.9 Å². The molecule has 1 aliphatic heterocycles. The smallest absolute Gasteiger partial charge is 0.278 e. The zero-order valence-corrected chi connectivity index (χ0v) is 17.3. The van der Waals surface area contributed by atoms with Crippen LogP contribution in [0.15, 0.2) is 33.6 Å². The number of aromatic nitrogens is 5. The van der Waals surface area contributed by atoms with Crippen LogP contribution in [0.3, 0.4) is 0 Å². The van der Waals surface area contributed by atoms with Crippen LogP contribution in [0.1, 0.15) is 37.5 Å². The first-order valence-corrected chi connectivity index (χ1v) is 10.1. The summed E-state index contributed by atoms with van der Waals surface area (Å²) in [6.07, 6.45) is 1.07. The van der Waals surface area contributed by atoms with Crippen LogP contribution in [0.2, 0.25) is 0 Å². The number of aryl methyl sites for hydroxylation is 1. The summed E-state index contributed by atoms with van der Waals surface area (Å²) in [5, 5.41) is 14.9. The van der Waals surface area contributed by atoms with Gasteiger partial charge in [0.25, 0.3) is 5.56 Å². The maximum absolute atomic E-state index is 12.9. The number of nitrogens with one attached hydrogen (secondary N) is 1. The van der Waals surface area contributed by atoms with Crippen molar-refractivity contribution in [2.75, 3.05) is 13.1 Å². The lowest BCUT2D eigenvalue weighted by Crippen LogP contribution is -2.46. The molecule has 31 heavy (non-hydrogen) atoms. The number of nitrogens with zero attached hydrogens (tertiary/aromatic N) is 6. The first kappa shape index (κ1) is 20.6. The lowest BCUT2D eigenvalue weighted by molar-refractivity contribution is -0.138. The lowest BCUT2D eigenvalue weighted by atomic mass is 9.95. The molecule has 162 valence electrons. The van der Waals surface area contributed by atoms with Gasteiger partial charge in [-0.3, -0.25) is 14.4 Å². The van der Waals surface area contributed by atoms with Gasteiger partial charge < -0.3 is 14.7 Å². The number of likely N-dealkylation sites (tertiary alicyclic amines) is 1. The van der Waals surface area contributed by atoms with Crippen molar-refractivity contribution < 1.29 is 14.1 Å². The molecule has 0 spiro atoms. The number of benzene rings is 1. The third-order valence-electron chi connectivity index (χ3n) is 5.48. The Morgan fingerprint density at radius 3 is 2.71 bits per heavy atom. The van der Waals surface area contributed by atoms with E-state index in [0.29, 0.717) is 48.5 Å². The van der Waals surface area contributed by atoms with Crippen LogP contribution in [0.4, 0.5) is 0 Å². The maximum atomic E-state index is 12.9. The van der Waals surface area contributed by atoms with Crippen LogP contribution in [-0.2, 0) is 16.1 Å². The van der Waals surface area contributed by atoms with Gasteiger partial charge in [0, 0.05) is 19.0 Å². The van der Waals surface area contributed by atoms with Gasteiger partial charge >= 0.3 is 0 Å². The Bertz CT molecular complexity index is 1160. The molecule has 2 aromatic heterocycles. The highest BCUT2D eigenvalue weighted by Crippen LogP contribution is 2.20. The molecule has 3 heterocycles. The van der Waals surface area contributed by atoms with Crippen molar-refractivity contribution >= 4 is 22.7 Å². The molecule has 3 aromatic rings. The third kappa shape index (κ3) is 4.30. The normalized spacial score (nSPS) is 15.7. The SMILES string of the molecule is Cc1noc(CNC(=O)C2CCN(C(=O)C(C)n3nnc4ccccc4c3=O)CC2)n1. The van der Waals surface area contributed by atoms with Gasteiger partial charge in [-0.25, -0.2) is 0 Å². The summed E-state index contributed by atoms with van der Waals surface area (Å²) in [5.41, 5.74) is 0.142. The average molecular weight is 425 g/mol. The molecule has 1 aliphatic rings. The molecular weight excluding hydrogens is 402 g/mol. The Balaban J connectivity index is 1.35. The fourth-order valence-electron chi connectivity index (χ4n) is 3.71. The van der Waals surface area contributed by atoms with Crippen LogP contribution < -0.4 is 10.9 Å². The molecule has 1 saturated heterocycles. The van der Waals surface area contributed by atoms with Crippen LogP contribution in [0.5, 0.6) is 0 Å². The van der Waals surface area contributed by atoms with Gasteiger partial charge in [-0.1, -0.05) is 22.5 Å². The number of carbonyl (C=O) groups excluding carboxylic acids is 2. The van der Waals surface area contributed by atoms with Crippen LogP contribution in [0, 0.1) is 12.8 Å². The molecule has 1 fully saturated rings. The van der Waals surface area contributed by atoms with Crippen molar-refractivity contribution in [1.29, 1.82) is 0 Å². The molecule has 0 radical (unpaired) electrons. The van der Waals surface area contributed by atoms with Crippen molar-refractivity contribution in [2.24, 2.45) is 5.92 Å². The van der Waals surface area contributed by atoms with Gasteiger partial charge in [0.15, 0.2) is 5.82 Å². The van der Waals surface area contributed by atoms with E-state index < -0.39 is 6.04 Å². The molecule has 1 aromatic carbocycles. The molecule has 1 atom stereocenters. The van der Waals surface area contributed by atoms with Crippen LogP contribution in [0.25, 0.3) is 10.9 Å². The molecule has 1 unspecified atom stereocenters. The summed E-state index contributed by atoms with van der Waals surface area (Å²) >= 11 is 0. The molecule has 2 amide bonds. The monoisotopic (exact) mass is 425 g/mol. The molecule has 0 saturated carbocycles. The molecule has 11 heteroatoms. The zero-order valence-electron chi connectivity index (χ0n) is 17.3. The predicted molar refractivity (Wildman–Crippen MR) is 109 cm³/mol. The largest absolute Gasteiger partial charge is 0.347 e. The van der Waals surface area contributed by atoms with E-state index in [4.69, 9.17) is 4.52 Å². The number of rotatable bonds is 5. The molecule has 4 rings (SSSR count). The fraction of sp³-hybridized carbons (Fsp3) is 0.450. The number of hydrogen-bond acceptors (Lipinski definition) is 8. The van der Waals surface area contributed by atoms with Crippen molar-refractivity contribution in [3.05, 3.63) is 46.3 Å².